The minimum atomic E-state index is 0.0542. The Bertz CT molecular complexity index is 684. The van der Waals surface area contributed by atoms with Gasteiger partial charge < -0.3 is 9.80 Å². The first-order chi connectivity index (χ1) is 13.2. The van der Waals surface area contributed by atoms with E-state index >= 15 is 0 Å². The second-order valence-corrected chi connectivity index (χ2v) is 8.36. The molecule has 3 aliphatic rings. The lowest BCUT2D eigenvalue weighted by molar-refractivity contribution is -0.143. The normalized spacial score (nSPS) is 21.3. The van der Waals surface area contributed by atoms with E-state index in [1.165, 1.54) is 32.1 Å². The monoisotopic (exact) mass is 366 g/mol. The maximum atomic E-state index is 13.1. The Kier molecular flexibility index (Phi) is 5.61. The quantitative estimate of drug-likeness (QED) is 0.720. The molecular formula is C23H30N2O2. The van der Waals surface area contributed by atoms with E-state index in [0.717, 1.165) is 30.9 Å². The molecule has 4 rings (SSSR count). The molecule has 2 amide bonds. The van der Waals surface area contributed by atoms with Crippen molar-refractivity contribution < 1.29 is 9.59 Å². The molecule has 0 N–H and O–H groups in total. The van der Waals surface area contributed by atoms with Crippen LogP contribution < -0.4 is 0 Å². The van der Waals surface area contributed by atoms with Gasteiger partial charge >= 0.3 is 0 Å². The van der Waals surface area contributed by atoms with Crippen LogP contribution in [0.5, 0.6) is 0 Å². The van der Waals surface area contributed by atoms with Crippen molar-refractivity contribution in [1.29, 1.82) is 0 Å². The predicted octanol–water partition coefficient (Wildman–Crippen LogP) is 3.73. The van der Waals surface area contributed by atoms with Gasteiger partial charge in [-0.2, -0.15) is 0 Å². The second kappa shape index (κ2) is 8.28. The van der Waals surface area contributed by atoms with Crippen LogP contribution in [0.25, 0.3) is 6.08 Å². The molecule has 0 aromatic heterocycles. The van der Waals surface area contributed by atoms with Gasteiger partial charge in [0.15, 0.2) is 0 Å². The second-order valence-electron chi connectivity index (χ2n) is 8.36. The number of hydrogen-bond donors (Lipinski definition) is 0. The predicted molar refractivity (Wildman–Crippen MR) is 107 cm³/mol. The van der Waals surface area contributed by atoms with E-state index in [1.807, 2.05) is 41.3 Å². The maximum absolute atomic E-state index is 13.1. The van der Waals surface area contributed by atoms with Crippen molar-refractivity contribution in [2.45, 2.75) is 51.0 Å². The van der Waals surface area contributed by atoms with E-state index in [4.69, 9.17) is 0 Å². The summed E-state index contributed by atoms with van der Waals surface area (Å²) in [6.45, 7) is 2.36. The fourth-order valence-corrected chi connectivity index (χ4v) is 4.11. The molecule has 4 nitrogen and oxygen atoms in total. The van der Waals surface area contributed by atoms with Crippen LogP contribution in [0.3, 0.4) is 0 Å². The zero-order valence-corrected chi connectivity index (χ0v) is 16.1. The molecule has 1 heterocycles. The van der Waals surface area contributed by atoms with E-state index in [-0.39, 0.29) is 11.8 Å². The number of benzene rings is 1. The van der Waals surface area contributed by atoms with Crippen LogP contribution in [0, 0.1) is 11.8 Å². The zero-order valence-electron chi connectivity index (χ0n) is 16.1. The molecule has 2 saturated carbocycles. The fraction of sp³-hybridized carbons (Fsp3) is 0.565. The van der Waals surface area contributed by atoms with E-state index in [2.05, 4.69) is 4.90 Å². The molecule has 4 heteroatoms. The van der Waals surface area contributed by atoms with Crippen LogP contribution >= 0.6 is 0 Å². The number of rotatable bonds is 6. The van der Waals surface area contributed by atoms with Gasteiger partial charge in [-0.15, -0.1) is 0 Å². The average Bonchev–Trinajstić information content (AvgIpc) is 3.49. The minimum Gasteiger partial charge on any atom is -0.339 e. The van der Waals surface area contributed by atoms with Crippen LogP contribution in [-0.2, 0) is 9.59 Å². The summed E-state index contributed by atoms with van der Waals surface area (Å²) in [5.74, 6) is 1.27. The van der Waals surface area contributed by atoms with Crippen molar-refractivity contribution >= 4 is 17.9 Å². The maximum Gasteiger partial charge on any atom is 0.246 e. The van der Waals surface area contributed by atoms with Crippen molar-refractivity contribution in [3.8, 4) is 0 Å². The van der Waals surface area contributed by atoms with Gasteiger partial charge in [-0.1, -0.05) is 30.3 Å². The third kappa shape index (κ3) is 4.60. The van der Waals surface area contributed by atoms with Crippen molar-refractivity contribution in [3.05, 3.63) is 42.0 Å². The molecule has 0 atom stereocenters. The highest BCUT2D eigenvalue weighted by Gasteiger charge is 2.37. The largest absolute Gasteiger partial charge is 0.339 e. The summed E-state index contributed by atoms with van der Waals surface area (Å²) < 4.78 is 0. The minimum absolute atomic E-state index is 0.0542. The SMILES string of the molecule is O=C(C=Cc1ccccc1)N1CCC(C(=O)N(CC2CC2)C2CCC2)CC1. The highest BCUT2D eigenvalue weighted by atomic mass is 16.2. The Hall–Kier alpha value is -2.10. The number of amides is 2. The lowest BCUT2D eigenvalue weighted by Crippen LogP contribution is -2.50. The third-order valence-corrected chi connectivity index (χ3v) is 6.32. The molecule has 0 radical (unpaired) electrons. The third-order valence-electron chi connectivity index (χ3n) is 6.32. The van der Waals surface area contributed by atoms with Crippen LogP contribution in [0.15, 0.2) is 36.4 Å². The molecule has 1 aromatic rings. The standard InChI is InChI=1S/C23H30N2O2/c26-22(12-11-18-5-2-1-3-6-18)24-15-13-20(14-16-24)23(27)25(17-19-9-10-19)21-7-4-8-21/h1-3,5-6,11-12,19-21H,4,7-10,13-17H2. The molecule has 1 aromatic carbocycles. The summed E-state index contributed by atoms with van der Waals surface area (Å²) in [6, 6.07) is 10.4. The number of carbonyl (C=O) groups is 2. The molecular weight excluding hydrogens is 336 g/mol. The number of piperidine rings is 1. The van der Waals surface area contributed by atoms with Crippen LogP contribution in [0.4, 0.5) is 0 Å². The highest BCUT2D eigenvalue weighted by Crippen LogP contribution is 2.35. The highest BCUT2D eigenvalue weighted by molar-refractivity contribution is 5.92. The average molecular weight is 367 g/mol. The van der Waals surface area contributed by atoms with Gasteiger partial charge in [0, 0.05) is 37.7 Å². The smallest absolute Gasteiger partial charge is 0.246 e. The van der Waals surface area contributed by atoms with Crippen molar-refractivity contribution in [2.24, 2.45) is 11.8 Å². The van der Waals surface area contributed by atoms with Crippen molar-refractivity contribution in [2.75, 3.05) is 19.6 Å². The van der Waals surface area contributed by atoms with Gasteiger partial charge in [-0.05, 0) is 62.5 Å². The van der Waals surface area contributed by atoms with Gasteiger partial charge in [0.1, 0.15) is 0 Å². The first kappa shape index (κ1) is 18.3. The van der Waals surface area contributed by atoms with Gasteiger partial charge in [0.25, 0.3) is 0 Å². The zero-order chi connectivity index (χ0) is 18.6. The Balaban J connectivity index is 1.29. The van der Waals surface area contributed by atoms with Crippen LogP contribution in [0.2, 0.25) is 0 Å². The lowest BCUT2D eigenvalue weighted by atomic mass is 9.88. The van der Waals surface area contributed by atoms with Crippen molar-refractivity contribution in [3.63, 3.8) is 0 Å². The molecule has 0 unspecified atom stereocenters. The number of nitrogens with zero attached hydrogens (tertiary/aromatic N) is 2. The topological polar surface area (TPSA) is 40.6 Å². The fourth-order valence-electron chi connectivity index (χ4n) is 4.11. The van der Waals surface area contributed by atoms with E-state index < -0.39 is 0 Å². The van der Waals surface area contributed by atoms with E-state index in [9.17, 15) is 9.59 Å². The summed E-state index contributed by atoms with van der Waals surface area (Å²) in [5, 5.41) is 0. The van der Waals surface area contributed by atoms with Gasteiger partial charge in [-0.3, -0.25) is 9.59 Å². The summed E-state index contributed by atoms with van der Waals surface area (Å²) >= 11 is 0. The number of likely N-dealkylation sites (tertiary alicyclic amines) is 1. The number of carbonyl (C=O) groups excluding carboxylic acids is 2. The lowest BCUT2D eigenvalue weighted by Gasteiger charge is -2.41. The summed E-state index contributed by atoms with van der Waals surface area (Å²) in [4.78, 5) is 29.6. The van der Waals surface area contributed by atoms with Crippen LogP contribution in [-0.4, -0.2) is 47.3 Å². The van der Waals surface area contributed by atoms with Gasteiger partial charge in [-0.25, -0.2) is 0 Å². The Labute approximate surface area is 162 Å². The number of hydrogen-bond acceptors (Lipinski definition) is 2. The van der Waals surface area contributed by atoms with E-state index in [0.29, 0.717) is 25.0 Å². The molecule has 27 heavy (non-hydrogen) atoms. The van der Waals surface area contributed by atoms with Crippen LogP contribution in [0.1, 0.15) is 50.5 Å². The Morgan fingerprint density at radius 1 is 1.00 bits per heavy atom. The Morgan fingerprint density at radius 3 is 2.30 bits per heavy atom. The summed E-state index contributed by atoms with van der Waals surface area (Å²) in [5.41, 5.74) is 1.03. The Morgan fingerprint density at radius 2 is 1.70 bits per heavy atom. The molecule has 1 aliphatic heterocycles. The molecule has 0 bridgehead atoms. The van der Waals surface area contributed by atoms with E-state index in [1.54, 1.807) is 6.08 Å². The summed E-state index contributed by atoms with van der Waals surface area (Å²) in [6.07, 6.45) is 11.3. The molecule has 144 valence electrons. The summed E-state index contributed by atoms with van der Waals surface area (Å²) in [7, 11) is 0. The first-order valence-electron chi connectivity index (χ1n) is 10.5. The molecule has 3 fully saturated rings. The molecule has 2 aliphatic carbocycles. The molecule has 1 saturated heterocycles. The van der Waals surface area contributed by atoms with Crippen molar-refractivity contribution in [1.82, 2.24) is 9.80 Å². The first-order valence-corrected chi connectivity index (χ1v) is 10.5. The van der Waals surface area contributed by atoms with Gasteiger partial charge in [0.2, 0.25) is 11.8 Å². The van der Waals surface area contributed by atoms with Gasteiger partial charge in [0.05, 0.1) is 0 Å². The molecule has 0 spiro atoms.